The number of nitrogen functional groups attached to an aromatic ring is 1. The molecule has 0 unspecified atom stereocenters. The summed E-state index contributed by atoms with van der Waals surface area (Å²) in [5.74, 6) is 0.536. The van der Waals surface area contributed by atoms with E-state index >= 15 is 0 Å². The predicted octanol–water partition coefficient (Wildman–Crippen LogP) is 1.78. The van der Waals surface area contributed by atoms with Gasteiger partial charge in [0.05, 0.1) is 5.69 Å². The highest BCUT2D eigenvalue weighted by molar-refractivity contribution is 6.31. The molecule has 0 radical (unpaired) electrons. The zero-order chi connectivity index (χ0) is 9.97. The van der Waals surface area contributed by atoms with E-state index in [-0.39, 0.29) is 0 Å². The first-order chi connectivity index (χ1) is 6.77. The number of rotatable bonds is 1. The minimum absolute atomic E-state index is 0.432. The average molecular weight is 212 g/mol. The number of aromatic nitrogens is 1. The minimum atomic E-state index is 0.432. The van der Waals surface area contributed by atoms with E-state index in [1.807, 2.05) is 12.1 Å². The smallest absolute Gasteiger partial charge is 0.152 e. The van der Waals surface area contributed by atoms with Crippen molar-refractivity contribution >= 4 is 17.3 Å². The van der Waals surface area contributed by atoms with Gasteiger partial charge in [0.1, 0.15) is 0 Å². The lowest BCUT2D eigenvalue weighted by Crippen LogP contribution is -2.27. The van der Waals surface area contributed by atoms with Crippen LogP contribution in [0.25, 0.3) is 0 Å². The van der Waals surface area contributed by atoms with Gasteiger partial charge in [-0.2, -0.15) is 0 Å². The summed E-state index contributed by atoms with van der Waals surface area (Å²) in [6, 6.07) is 3.82. The fourth-order valence-corrected chi connectivity index (χ4v) is 1.96. The van der Waals surface area contributed by atoms with Gasteiger partial charge < -0.3 is 11.1 Å². The van der Waals surface area contributed by atoms with Gasteiger partial charge in [0, 0.05) is 11.6 Å². The molecular formula is C10H14ClN3. The highest BCUT2D eigenvalue weighted by Gasteiger charge is 2.16. The third-order valence-corrected chi connectivity index (χ3v) is 2.96. The molecule has 3 N–H and O–H groups in total. The molecule has 0 aliphatic carbocycles. The molecule has 0 amide bonds. The number of anilines is 1. The Bertz CT molecular complexity index is 321. The molecule has 1 saturated heterocycles. The molecule has 76 valence electrons. The first-order valence-electron chi connectivity index (χ1n) is 4.90. The topological polar surface area (TPSA) is 50.9 Å². The predicted molar refractivity (Wildman–Crippen MR) is 58.5 cm³/mol. The molecule has 1 aliphatic rings. The van der Waals surface area contributed by atoms with Gasteiger partial charge in [-0.25, -0.2) is 4.98 Å². The SMILES string of the molecule is Nc1ccc(C2CCNCC2)nc1Cl. The van der Waals surface area contributed by atoms with Gasteiger partial charge in [0.2, 0.25) is 0 Å². The monoisotopic (exact) mass is 211 g/mol. The molecule has 1 fully saturated rings. The maximum Gasteiger partial charge on any atom is 0.152 e. The van der Waals surface area contributed by atoms with Crippen molar-refractivity contribution in [2.75, 3.05) is 18.8 Å². The van der Waals surface area contributed by atoms with E-state index in [4.69, 9.17) is 17.3 Å². The third kappa shape index (κ3) is 1.99. The van der Waals surface area contributed by atoms with Gasteiger partial charge in [-0.1, -0.05) is 11.6 Å². The van der Waals surface area contributed by atoms with Crippen molar-refractivity contribution in [1.29, 1.82) is 0 Å². The molecule has 4 heteroatoms. The lowest BCUT2D eigenvalue weighted by Gasteiger charge is -2.22. The van der Waals surface area contributed by atoms with Crippen LogP contribution in [-0.2, 0) is 0 Å². The van der Waals surface area contributed by atoms with Gasteiger partial charge in [-0.05, 0) is 38.1 Å². The first-order valence-corrected chi connectivity index (χ1v) is 5.28. The number of halogens is 1. The van der Waals surface area contributed by atoms with Crippen LogP contribution in [0.3, 0.4) is 0 Å². The second-order valence-electron chi connectivity index (χ2n) is 3.64. The normalized spacial score (nSPS) is 18.4. The maximum atomic E-state index is 5.88. The lowest BCUT2D eigenvalue weighted by molar-refractivity contribution is 0.453. The van der Waals surface area contributed by atoms with Gasteiger partial charge in [0.25, 0.3) is 0 Å². The summed E-state index contributed by atoms with van der Waals surface area (Å²) in [6.07, 6.45) is 2.26. The van der Waals surface area contributed by atoms with Crippen LogP contribution in [0.4, 0.5) is 5.69 Å². The standard InChI is InChI=1S/C10H14ClN3/c11-10-8(12)1-2-9(14-10)7-3-5-13-6-4-7/h1-2,7,13H,3-6,12H2. The third-order valence-electron chi connectivity index (χ3n) is 2.66. The zero-order valence-corrected chi connectivity index (χ0v) is 8.72. The summed E-state index contributed by atoms with van der Waals surface area (Å²) >= 11 is 5.88. The molecule has 0 saturated carbocycles. The number of nitrogens with one attached hydrogen (secondary N) is 1. The Hall–Kier alpha value is -0.800. The number of hydrogen-bond acceptors (Lipinski definition) is 3. The molecular weight excluding hydrogens is 198 g/mol. The number of piperidine rings is 1. The van der Waals surface area contributed by atoms with Gasteiger partial charge >= 0.3 is 0 Å². The van der Waals surface area contributed by atoms with Crippen LogP contribution in [0.2, 0.25) is 5.15 Å². The Labute approximate surface area is 88.7 Å². The Balaban J connectivity index is 2.18. The van der Waals surface area contributed by atoms with Crippen LogP contribution < -0.4 is 11.1 Å². The molecule has 1 aromatic heterocycles. The summed E-state index contributed by atoms with van der Waals surface area (Å²) in [5, 5.41) is 3.76. The van der Waals surface area contributed by atoms with Crippen LogP contribution in [0, 0.1) is 0 Å². The number of pyridine rings is 1. The molecule has 0 bridgehead atoms. The van der Waals surface area contributed by atoms with E-state index in [1.54, 1.807) is 0 Å². The van der Waals surface area contributed by atoms with Crippen LogP contribution in [-0.4, -0.2) is 18.1 Å². The van der Waals surface area contributed by atoms with E-state index in [1.165, 1.54) is 0 Å². The Kier molecular flexibility index (Phi) is 2.89. The van der Waals surface area contributed by atoms with Crippen LogP contribution in [0.15, 0.2) is 12.1 Å². The van der Waals surface area contributed by atoms with E-state index < -0.39 is 0 Å². The molecule has 0 aromatic carbocycles. The van der Waals surface area contributed by atoms with Crippen molar-refractivity contribution in [2.45, 2.75) is 18.8 Å². The number of nitrogens with two attached hydrogens (primary N) is 1. The van der Waals surface area contributed by atoms with E-state index in [2.05, 4.69) is 10.3 Å². The van der Waals surface area contributed by atoms with Crippen molar-refractivity contribution in [2.24, 2.45) is 0 Å². The summed E-state index contributed by atoms with van der Waals surface area (Å²) in [5.41, 5.74) is 7.25. The molecule has 0 atom stereocenters. The largest absolute Gasteiger partial charge is 0.396 e. The van der Waals surface area contributed by atoms with Crippen LogP contribution >= 0.6 is 11.6 Å². The van der Waals surface area contributed by atoms with E-state index in [0.29, 0.717) is 16.8 Å². The second kappa shape index (κ2) is 4.15. The Morgan fingerprint density at radius 3 is 2.71 bits per heavy atom. The zero-order valence-electron chi connectivity index (χ0n) is 7.96. The molecule has 0 spiro atoms. The molecule has 2 rings (SSSR count). The first kappa shape index (κ1) is 9.74. The fraction of sp³-hybridized carbons (Fsp3) is 0.500. The van der Waals surface area contributed by atoms with Crippen LogP contribution in [0.5, 0.6) is 0 Å². The average Bonchev–Trinajstić information content (AvgIpc) is 2.23. The van der Waals surface area contributed by atoms with Crippen molar-refractivity contribution in [1.82, 2.24) is 10.3 Å². The van der Waals surface area contributed by atoms with Gasteiger partial charge in [-0.3, -0.25) is 0 Å². The molecule has 1 aromatic rings. The van der Waals surface area contributed by atoms with Crippen molar-refractivity contribution in [3.05, 3.63) is 23.0 Å². The summed E-state index contributed by atoms with van der Waals surface area (Å²) in [4.78, 5) is 4.31. The fourth-order valence-electron chi connectivity index (χ4n) is 1.80. The second-order valence-corrected chi connectivity index (χ2v) is 4.00. The highest BCUT2D eigenvalue weighted by Crippen LogP contribution is 2.26. The van der Waals surface area contributed by atoms with E-state index in [0.717, 1.165) is 31.6 Å². The number of nitrogens with zero attached hydrogens (tertiary/aromatic N) is 1. The molecule has 1 aliphatic heterocycles. The van der Waals surface area contributed by atoms with E-state index in [9.17, 15) is 0 Å². The van der Waals surface area contributed by atoms with Gasteiger partial charge in [0.15, 0.2) is 5.15 Å². The Morgan fingerprint density at radius 2 is 2.07 bits per heavy atom. The van der Waals surface area contributed by atoms with Crippen molar-refractivity contribution < 1.29 is 0 Å². The van der Waals surface area contributed by atoms with Crippen molar-refractivity contribution in [3.8, 4) is 0 Å². The summed E-state index contributed by atoms with van der Waals surface area (Å²) in [7, 11) is 0. The quantitative estimate of drug-likeness (QED) is 0.697. The summed E-state index contributed by atoms with van der Waals surface area (Å²) < 4.78 is 0. The lowest BCUT2D eigenvalue weighted by atomic mass is 9.94. The summed E-state index contributed by atoms with van der Waals surface area (Å²) in [6.45, 7) is 2.13. The number of hydrogen-bond donors (Lipinski definition) is 2. The molecule has 3 nitrogen and oxygen atoms in total. The van der Waals surface area contributed by atoms with Crippen molar-refractivity contribution in [3.63, 3.8) is 0 Å². The molecule has 2 heterocycles. The van der Waals surface area contributed by atoms with Gasteiger partial charge in [-0.15, -0.1) is 0 Å². The minimum Gasteiger partial charge on any atom is -0.396 e. The maximum absolute atomic E-state index is 5.88. The Morgan fingerprint density at radius 1 is 1.36 bits per heavy atom. The highest BCUT2D eigenvalue weighted by atomic mass is 35.5. The molecule has 14 heavy (non-hydrogen) atoms. The van der Waals surface area contributed by atoms with Crippen LogP contribution in [0.1, 0.15) is 24.5 Å².